The molecule has 0 aliphatic carbocycles. The Morgan fingerprint density at radius 2 is 1.61 bits per heavy atom. The summed E-state index contributed by atoms with van der Waals surface area (Å²) in [6, 6.07) is 12.9. The fraction of sp³-hybridized carbons (Fsp3) is 0.455. The van der Waals surface area contributed by atoms with Gasteiger partial charge in [-0.1, -0.05) is 12.1 Å². The predicted octanol–water partition coefficient (Wildman–Crippen LogP) is 2.27. The third-order valence-electron chi connectivity index (χ3n) is 5.18. The molecule has 3 rings (SSSR count). The maximum Gasteiger partial charge on any atom is 0.229 e. The van der Waals surface area contributed by atoms with Gasteiger partial charge in [-0.25, -0.2) is 8.42 Å². The van der Waals surface area contributed by atoms with Gasteiger partial charge in [-0.3, -0.25) is 14.5 Å². The van der Waals surface area contributed by atoms with Gasteiger partial charge >= 0.3 is 0 Å². The predicted molar refractivity (Wildman–Crippen MR) is 122 cm³/mol. The quantitative estimate of drug-likeness (QED) is 0.596. The summed E-state index contributed by atoms with van der Waals surface area (Å²) in [5.74, 6) is 2.29. The van der Waals surface area contributed by atoms with Crippen LogP contribution in [0.5, 0.6) is 17.2 Å². The summed E-state index contributed by atoms with van der Waals surface area (Å²) in [6.07, 6.45) is 1.13. The van der Waals surface area contributed by atoms with Gasteiger partial charge in [0.25, 0.3) is 0 Å². The summed E-state index contributed by atoms with van der Waals surface area (Å²) in [6.45, 7) is 6.18. The normalized spacial score (nSPS) is 15.5. The van der Waals surface area contributed by atoms with Gasteiger partial charge in [-0.15, -0.1) is 0 Å². The molecule has 0 radical (unpaired) electrons. The standard InChI is InChI=1S/C22H31N3O5S/c1-28-21-6-4-5-18(22(21)29-2)17-25-13-11-24(12-14-25)15-16-30-20-9-7-19(8-10-20)23-31(3,26)27/h4-10,23H,11-17H2,1-3H3. The van der Waals surface area contributed by atoms with Crippen molar-refractivity contribution < 1.29 is 22.6 Å². The molecule has 31 heavy (non-hydrogen) atoms. The van der Waals surface area contributed by atoms with Gasteiger partial charge in [-0.05, 0) is 30.3 Å². The lowest BCUT2D eigenvalue weighted by Crippen LogP contribution is -2.47. The van der Waals surface area contributed by atoms with E-state index in [1.165, 1.54) is 0 Å². The second kappa shape index (κ2) is 10.7. The molecule has 2 aromatic carbocycles. The van der Waals surface area contributed by atoms with Crippen LogP contribution in [0.15, 0.2) is 42.5 Å². The van der Waals surface area contributed by atoms with Crippen LogP contribution in [-0.2, 0) is 16.6 Å². The van der Waals surface area contributed by atoms with E-state index in [0.717, 1.165) is 68.3 Å². The van der Waals surface area contributed by atoms with Crippen LogP contribution in [-0.4, -0.2) is 78.0 Å². The Morgan fingerprint density at radius 1 is 0.935 bits per heavy atom. The number of methoxy groups -OCH3 is 2. The number of hydrogen-bond donors (Lipinski definition) is 1. The topological polar surface area (TPSA) is 80.3 Å². The van der Waals surface area contributed by atoms with Crippen molar-refractivity contribution in [3.8, 4) is 17.2 Å². The smallest absolute Gasteiger partial charge is 0.229 e. The monoisotopic (exact) mass is 449 g/mol. The lowest BCUT2D eigenvalue weighted by atomic mass is 10.1. The van der Waals surface area contributed by atoms with Crippen LogP contribution >= 0.6 is 0 Å². The molecule has 0 aromatic heterocycles. The zero-order valence-corrected chi connectivity index (χ0v) is 19.2. The maximum absolute atomic E-state index is 11.3. The molecule has 1 fully saturated rings. The SMILES string of the molecule is COc1cccc(CN2CCN(CCOc3ccc(NS(C)(=O)=O)cc3)CC2)c1OC. The second-order valence-electron chi connectivity index (χ2n) is 7.52. The number of anilines is 1. The summed E-state index contributed by atoms with van der Waals surface area (Å²) in [4.78, 5) is 4.81. The van der Waals surface area contributed by atoms with Gasteiger partial charge in [0, 0.05) is 50.5 Å². The number of benzene rings is 2. The van der Waals surface area contributed by atoms with Crippen LogP contribution in [0.4, 0.5) is 5.69 Å². The van der Waals surface area contributed by atoms with Gasteiger partial charge in [0.05, 0.1) is 20.5 Å². The minimum Gasteiger partial charge on any atom is -0.493 e. The Hall–Kier alpha value is -2.49. The van der Waals surface area contributed by atoms with Crippen molar-refractivity contribution in [3.63, 3.8) is 0 Å². The molecule has 170 valence electrons. The van der Waals surface area contributed by atoms with Gasteiger partial charge in [0.2, 0.25) is 10.0 Å². The summed E-state index contributed by atoms with van der Waals surface area (Å²) in [7, 11) is 0.0634. The molecule has 1 aliphatic rings. The summed E-state index contributed by atoms with van der Waals surface area (Å²) in [5, 5.41) is 0. The molecule has 0 saturated carbocycles. The first-order valence-electron chi connectivity index (χ1n) is 10.2. The van der Waals surface area contributed by atoms with Crippen LogP contribution < -0.4 is 18.9 Å². The van der Waals surface area contributed by atoms with E-state index in [1.807, 2.05) is 12.1 Å². The Labute approximate surface area is 184 Å². The molecule has 1 aliphatic heterocycles. The summed E-state index contributed by atoms with van der Waals surface area (Å²) >= 11 is 0. The first-order valence-corrected chi connectivity index (χ1v) is 12.1. The van der Waals surface area contributed by atoms with Crippen molar-refractivity contribution in [1.29, 1.82) is 0 Å². The van der Waals surface area contributed by atoms with Gasteiger partial charge in [0.15, 0.2) is 11.5 Å². The number of sulfonamides is 1. The first-order chi connectivity index (χ1) is 14.9. The zero-order valence-electron chi connectivity index (χ0n) is 18.3. The molecule has 1 N–H and O–H groups in total. The Kier molecular flexibility index (Phi) is 8.00. The van der Waals surface area contributed by atoms with Crippen molar-refractivity contribution in [2.45, 2.75) is 6.54 Å². The number of piperazine rings is 1. The summed E-state index contributed by atoms with van der Waals surface area (Å²) < 4.78 is 41.7. The van der Waals surface area contributed by atoms with Gasteiger partial charge < -0.3 is 14.2 Å². The Bertz CT molecular complexity index is 942. The third kappa shape index (κ3) is 7.02. The van der Waals surface area contributed by atoms with Gasteiger partial charge in [0.1, 0.15) is 12.4 Å². The first kappa shape index (κ1) is 23.2. The number of para-hydroxylation sites is 1. The minimum absolute atomic E-state index is 0.527. The third-order valence-corrected chi connectivity index (χ3v) is 5.78. The molecule has 8 nitrogen and oxygen atoms in total. The van der Waals surface area contributed by atoms with E-state index < -0.39 is 10.0 Å². The molecule has 0 atom stereocenters. The highest BCUT2D eigenvalue weighted by Gasteiger charge is 2.19. The van der Waals surface area contributed by atoms with Crippen molar-refractivity contribution >= 4 is 15.7 Å². The Balaban J connectivity index is 1.41. The average molecular weight is 450 g/mol. The van der Waals surface area contributed by atoms with Crippen molar-refractivity contribution in [2.75, 3.05) is 64.5 Å². The second-order valence-corrected chi connectivity index (χ2v) is 9.27. The fourth-order valence-electron chi connectivity index (χ4n) is 3.62. The largest absolute Gasteiger partial charge is 0.493 e. The molecule has 1 saturated heterocycles. The van der Waals surface area contributed by atoms with Crippen molar-refractivity contribution in [1.82, 2.24) is 9.80 Å². The molecule has 0 unspecified atom stereocenters. The molecular weight excluding hydrogens is 418 g/mol. The van der Waals surface area contributed by atoms with E-state index in [2.05, 4.69) is 20.6 Å². The number of nitrogens with zero attached hydrogens (tertiary/aromatic N) is 2. The average Bonchev–Trinajstić information content (AvgIpc) is 2.75. The van der Waals surface area contributed by atoms with Gasteiger partial charge in [-0.2, -0.15) is 0 Å². The van der Waals surface area contributed by atoms with Crippen LogP contribution in [0.25, 0.3) is 0 Å². The van der Waals surface area contributed by atoms with E-state index in [9.17, 15) is 8.42 Å². The molecule has 2 aromatic rings. The highest BCUT2D eigenvalue weighted by molar-refractivity contribution is 7.92. The molecule has 0 spiro atoms. The highest BCUT2D eigenvalue weighted by atomic mass is 32.2. The zero-order chi connectivity index (χ0) is 22.3. The van der Waals surface area contributed by atoms with Crippen LogP contribution in [0, 0.1) is 0 Å². The molecule has 0 amide bonds. The number of hydrogen-bond acceptors (Lipinski definition) is 7. The molecule has 1 heterocycles. The van der Waals surface area contributed by atoms with E-state index in [4.69, 9.17) is 14.2 Å². The van der Waals surface area contributed by atoms with E-state index >= 15 is 0 Å². The van der Waals surface area contributed by atoms with E-state index in [-0.39, 0.29) is 0 Å². The van der Waals surface area contributed by atoms with Crippen LogP contribution in [0.3, 0.4) is 0 Å². The molecule has 0 bridgehead atoms. The number of rotatable bonds is 10. The van der Waals surface area contributed by atoms with Crippen molar-refractivity contribution in [3.05, 3.63) is 48.0 Å². The number of ether oxygens (including phenoxy) is 3. The van der Waals surface area contributed by atoms with Crippen LogP contribution in [0.2, 0.25) is 0 Å². The lowest BCUT2D eigenvalue weighted by molar-refractivity contribution is 0.112. The summed E-state index contributed by atoms with van der Waals surface area (Å²) in [5.41, 5.74) is 1.66. The molecular formula is C22H31N3O5S. The van der Waals surface area contributed by atoms with E-state index in [0.29, 0.717) is 12.3 Å². The van der Waals surface area contributed by atoms with Crippen molar-refractivity contribution in [2.24, 2.45) is 0 Å². The maximum atomic E-state index is 11.3. The molecule has 9 heteroatoms. The minimum atomic E-state index is -3.27. The fourth-order valence-corrected chi connectivity index (χ4v) is 4.18. The number of nitrogens with one attached hydrogen (secondary N) is 1. The highest BCUT2D eigenvalue weighted by Crippen LogP contribution is 2.31. The van der Waals surface area contributed by atoms with E-state index in [1.54, 1.807) is 38.5 Å². The Morgan fingerprint density at radius 3 is 2.23 bits per heavy atom. The van der Waals surface area contributed by atoms with Crippen LogP contribution in [0.1, 0.15) is 5.56 Å². The lowest BCUT2D eigenvalue weighted by Gasteiger charge is -2.34.